The van der Waals surface area contributed by atoms with Crippen molar-refractivity contribution in [1.29, 1.82) is 0 Å². The quantitative estimate of drug-likeness (QED) is 0.328. The number of aromatic carboxylic acids is 1. The Labute approximate surface area is 189 Å². The van der Waals surface area contributed by atoms with E-state index in [2.05, 4.69) is 0 Å². The molecule has 0 atom stereocenters. The summed E-state index contributed by atoms with van der Waals surface area (Å²) < 4.78 is 11.6. The van der Waals surface area contributed by atoms with E-state index in [1.54, 1.807) is 25.3 Å². The molecule has 0 bridgehead atoms. The van der Waals surface area contributed by atoms with E-state index in [0.29, 0.717) is 28.7 Å². The van der Waals surface area contributed by atoms with Crippen molar-refractivity contribution >= 4 is 28.9 Å². The van der Waals surface area contributed by atoms with Gasteiger partial charge >= 0.3 is 5.97 Å². The van der Waals surface area contributed by atoms with Gasteiger partial charge in [-0.25, -0.2) is 4.79 Å². The molecular weight excluding hydrogens is 432 g/mol. The molecule has 0 saturated heterocycles. The molecule has 1 N–H and O–H groups in total. The molecular formula is C25H19ClO4S. The number of methoxy groups -OCH3 is 1. The number of hydrogen-bond donors (Lipinski definition) is 1. The zero-order valence-electron chi connectivity index (χ0n) is 16.7. The molecule has 31 heavy (non-hydrogen) atoms. The van der Waals surface area contributed by atoms with Gasteiger partial charge in [-0.3, -0.25) is 0 Å². The van der Waals surface area contributed by atoms with Crippen LogP contribution in [0.4, 0.5) is 0 Å². The predicted molar refractivity (Wildman–Crippen MR) is 124 cm³/mol. The van der Waals surface area contributed by atoms with Crippen LogP contribution in [0, 0.1) is 0 Å². The summed E-state index contributed by atoms with van der Waals surface area (Å²) in [6.45, 7) is 0.423. The van der Waals surface area contributed by atoms with E-state index in [4.69, 9.17) is 21.1 Å². The van der Waals surface area contributed by atoms with Crippen LogP contribution in [-0.4, -0.2) is 18.2 Å². The molecule has 1 heterocycles. The number of ether oxygens (including phenoxy) is 2. The summed E-state index contributed by atoms with van der Waals surface area (Å²) in [5.41, 5.74) is 3.70. The number of hydrogen-bond acceptors (Lipinski definition) is 4. The largest absolute Gasteiger partial charge is 0.496 e. The summed E-state index contributed by atoms with van der Waals surface area (Å²) in [7, 11) is 1.57. The van der Waals surface area contributed by atoms with E-state index in [9.17, 15) is 9.90 Å². The summed E-state index contributed by atoms with van der Waals surface area (Å²) in [6, 6.07) is 22.3. The van der Waals surface area contributed by atoms with Crippen LogP contribution in [0.5, 0.6) is 11.5 Å². The number of benzene rings is 3. The number of rotatable bonds is 7. The van der Waals surface area contributed by atoms with Crippen LogP contribution in [0.25, 0.3) is 21.6 Å². The van der Waals surface area contributed by atoms with Crippen molar-refractivity contribution in [2.45, 2.75) is 6.61 Å². The van der Waals surface area contributed by atoms with Gasteiger partial charge in [0.1, 0.15) is 18.1 Å². The van der Waals surface area contributed by atoms with Gasteiger partial charge in [0.25, 0.3) is 0 Å². The molecule has 156 valence electrons. The molecule has 0 aliphatic rings. The minimum atomic E-state index is -0.989. The first kappa shape index (κ1) is 21.0. The van der Waals surface area contributed by atoms with Gasteiger partial charge in [-0.05, 0) is 53.4 Å². The third-order valence-corrected chi connectivity index (χ3v) is 6.01. The van der Waals surface area contributed by atoms with Gasteiger partial charge in [-0.15, -0.1) is 11.3 Å². The van der Waals surface area contributed by atoms with Crippen molar-refractivity contribution in [3.63, 3.8) is 0 Å². The normalized spacial score (nSPS) is 10.6. The first-order chi connectivity index (χ1) is 15.1. The van der Waals surface area contributed by atoms with Gasteiger partial charge in [0, 0.05) is 26.6 Å². The number of thiophene rings is 1. The van der Waals surface area contributed by atoms with Crippen molar-refractivity contribution in [3.05, 3.63) is 94.3 Å². The summed E-state index contributed by atoms with van der Waals surface area (Å²) in [4.78, 5) is 12.4. The second-order valence-electron chi connectivity index (χ2n) is 6.80. The highest BCUT2D eigenvalue weighted by atomic mass is 35.5. The maximum atomic E-state index is 11.5. The van der Waals surface area contributed by atoms with Crippen LogP contribution in [-0.2, 0) is 6.61 Å². The first-order valence-electron chi connectivity index (χ1n) is 9.52. The van der Waals surface area contributed by atoms with E-state index >= 15 is 0 Å². The van der Waals surface area contributed by atoms with Crippen LogP contribution in [0.2, 0.25) is 5.02 Å². The number of halogens is 1. The van der Waals surface area contributed by atoms with Crippen LogP contribution >= 0.6 is 22.9 Å². The van der Waals surface area contributed by atoms with Gasteiger partial charge in [-0.2, -0.15) is 0 Å². The average Bonchev–Trinajstić information content (AvgIpc) is 3.28. The molecule has 0 aliphatic carbocycles. The highest BCUT2D eigenvalue weighted by molar-refractivity contribution is 7.14. The minimum absolute atomic E-state index is 0.196. The average molecular weight is 451 g/mol. The Bertz CT molecular complexity index is 1220. The molecule has 4 aromatic rings. The Morgan fingerprint density at radius 1 is 0.935 bits per heavy atom. The van der Waals surface area contributed by atoms with Crippen LogP contribution in [0.3, 0.4) is 0 Å². The van der Waals surface area contributed by atoms with Gasteiger partial charge in [0.2, 0.25) is 0 Å². The smallest absolute Gasteiger partial charge is 0.335 e. The van der Waals surface area contributed by atoms with E-state index < -0.39 is 5.97 Å². The zero-order valence-corrected chi connectivity index (χ0v) is 18.2. The lowest BCUT2D eigenvalue weighted by Gasteiger charge is -2.15. The van der Waals surface area contributed by atoms with E-state index in [-0.39, 0.29) is 5.56 Å². The van der Waals surface area contributed by atoms with Gasteiger partial charge < -0.3 is 14.6 Å². The van der Waals surface area contributed by atoms with Gasteiger partial charge in [-0.1, -0.05) is 41.9 Å². The molecule has 3 aromatic carbocycles. The Balaban J connectivity index is 1.78. The van der Waals surface area contributed by atoms with Gasteiger partial charge in [0.05, 0.1) is 12.7 Å². The Kier molecular flexibility index (Phi) is 6.26. The van der Waals surface area contributed by atoms with Crippen molar-refractivity contribution in [1.82, 2.24) is 0 Å². The third-order valence-electron chi connectivity index (χ3n) is 4.83. The highest BCUT2D eigenvalue weighted by Gasteiger charge is 2.19. The molecule has 0 spiro atoms. The lowest BCUT2D eigenvalue weighted by atomic mass is 10.00. The van der Waals surface area contributed by atoms with Crippen molar-refractivity contribution < 1.29 is 19.4 Å². The molecule has 4 nitrogen and oxygen atoms in total. The third kappa shape index (κ3) is 4.58. The Morgan fingerprint density at radius 3 is 2.45 bits per heavy atom. The SMILES string of the molecule is COc1ccc(C(=O)O)cc1-c1sccc1-c1cc(Cl)ccc1OCc1ccccc1. The van der Waals surface area contributed by atoms with Crippen molar-refractivity contribution in [2.75, 3.05) is 7.11 Å². The standard InChI is InChI=1S/C25H19ClO4S/c1-29-22-9-7-17(25(27)28)13-21(22)24-19(11-12-31-24)20-14-18(26)8-10-23(20)30-15-16-5-3-2-4-6-16/h2-14H,15H2,1H3,(H,27,28). The number of carboxylic acid groups (broad SMARTS) is 1. The van der Waals surface area contributed by atoms with E-state index in [1.807, 2.05) is 53.9 Å². The molecule has 0 aliphatic heterocycles. The second-order valence-corrected chi connectivity index (χ2v) is 8.15. The molecule has 0 fully saturated rings. The number of carboxylic acids is 1. The summed E-state index contributed by atoms with van der Waals surface area (Å²) in [5.74, 6) is 0.306. The molecule has 0 radical (unpaired) electrons. The first-order valence-corrected chi connectivity index (χ1v) is 10.8. The lowest BCUT2D eigenvalue weighted by molar-refractivity contribution is 0.0697. The summed E-state index contributed by atoms with van der Waals surface area (Å²) in [6.07, 6.45) is 0. The summed E-state index contributed by atoms with van der Waals surface area (Å²) in [5, 5.41) is 12.0. The van der Waals surface area contributed by atoms with E-state index in [1.165, 1.54) is 17.4 Å². The predicted octanol–water partition coefficient (Wildman–Crippen LogP) is 7.02. The van der Waals surface area contributed by atoms with E-state index in [0.717, 1.165) is 21.6 Å². The number of carbonyl (C=O) groups is 1. The summed E-state index contributed by atoms with van der Waals surface area (Å²) >= 11 is 7.82. The fourth-order valence-electron chi connectivity index (χ4n) is 3.32. The van der Waals surface area contributed by atoms with Crippen LogP contribution < -0.4 is 9.47 Å². The fraction of sp³-hybridized carbons (Fsp3) is 0.0800. The van der Waals surface area contributed by atoms with Crippen LogP contribution in [0.15, 0.2) is 78.2 Å². The van der Waals surface area contributed by atoms with Crippen molar-refractivity contribution in [3.8, 4) is 33.1 Å². The monoisotopic (exact) mass is 450 g/mol. The maximum absolute atomic E-state index is 11.5. The molecule has 0 amide bonds. The minimum Gasteiger partial charge on any atom is -0.496 e. The molecule has 6 heteroatoms. The van der Waals surface area contributed by atoms with Crippen LogP contribution in [0.1, 0.15) is 15.9 Å². The zero-order chi connectivity index (χ0) is 21.8. The topological polar surface area (TPSA) is 55.8 Å². The lowest BCUT2D eigenvalue weighted by Crippen LogP contribution is -1.98. The molecule has 1 aromatic heterocycles. The maximum Gasteiger partial charge on any atom is 0.335 e. The second kappa shape index (κ2) is 9.25. The molecule has 0 unspecified atom stereocenters. The Morgan fingerprint density at radius 2 is 1.71 bits per heavy atom. The highest BCUT2D eigenvalue weighted by Crippen LogP contribution is 2.45. The Hall–Kier alpha value is -3.28. The molecule has 0 saturated carbocycles. The van der Waals surface area contributed by atoms with Crippen molar-refractivity contribution in [2.24, 2.45) is 0 Å². The fourth-order valence-corrected chi connectivity index (χ4v) is 4.43. The van der Waals surface area contributed by atoms with Gasteiger partial charge in [0.15, 0.2) is 0 Å². The molecule has 4 rings (SSSR count).